The van der Waals surface area contributed by atoms with Crippen molar-refractivity contribution in [2.75, 3.05) is 34.3 Å². The quantitative estimate of drug-likeness (QED) is 0.105. The Kier molecular flexibility index (Phi) is 13.9. The number of β-amino-alcohol motifs (C(OH)–C–C–N with tert-alkyl or cyclic N) is 1. The number of aryl methyl sites for hydroxylation is 1. The molecule has 2 unspecified atom stereocenters. The largest absolute Gasteiger partial charge is 0.489 e. The summed E-state index contributed by atoms with van der Waals surface area (Å²) in [7, 11) is 0. The van der Waals surface area contributed by atoms with Gasteiger partial charge in [-0.05, 0) is 117 Å². The Balaban J connectivity index is 0.829. The first-order valence-electron chi connectivity index (χ1n) is 23.8. The lowest BCUT2D eigenvalue weighted by molar-refractivity contribution is -0.142. The van der Waals surface area contributed by atoms with Gasteiger partial charge in [0.25, 0.3) is 5.91 Å². The summed E-state index contributed by atoms with van der Waals surface area (Å²) >= 11 is 7.28. The van der Waals surface area contributed by atoms with Gasteiger partial charge in [0.2, 0.25) is 11.8 Å². The van der Waals surface area contributed by atoms with Crippen molar-refractivity contribution in [3.05, 3.63) is 125 Å². The van der Waals surface area contributed by atoms with Crippen LogP contribution in [0, 0.1) is 24.2 Å². The smallest absolute Gasteiger partial charge is 0.417 e. The van der Waals surface area contributed by atoms with Crippen molar-refractivity contribution in [1.82, 2.24) is 30.0 Å². The molecule has 3 amide bonds. The number of aliphatic hydroxyl groups is 1. The van der Waals surface area contributed by atoms with Crippen molar-refractivity contribution in [2.45, 2.75) is 96.4 Å². The van der Waals surface area contributed by atoms with E-state index in [1.54, 1.807) is 77.5 Å². The van der Waals surface area contributed by atoms with Crippen LogP contribution in [0.4, 0.5) is 30.4 Å². The zero-order chi connectivity index (χ0) is 52.1. The molecule has 3 aliphatic rings. The van der Waals surface area contributed by atoms with Crippen molar-refractivity contribution >= 4 is 63.6 Å². The van der Waals surface area contributed by atoms with E-state index in [1.165, 1.54) is 11.0 Å². The number of anilines is 3. The van der Waals surface area contributed by atoms with E-state index < -0.39 is 46.9 Å². The molecular formula is C53H53F3N10O5S2. The van der Waals surface area contributed by atoms with Gasteiger partial charge < -0.3 is 29.9 Å². The van der Waals surface area contributed by atoms with Gasteiger partial charge >= 0.3 is 6.18 Å². The number of thiazole rings is 1. The molecule has 0 radical (unpaired) electrons. The third-order valence-corrected chi connectivity index (χ3v) is 15.1. The molecule has 15 nitrogen and oxygen atoms in total. The summed E-state index contributed by atoms with van der Waals surface area (Å²) in [6.45, 7) is 12.2. The molecule has 2 N–H and O–H groups in total. The second-order valence-corrected chi connectivity index (χ2v) is 20.7. The number of carbonyl (C=O) groups excluding carboxylic acids is 3. The lowest BCUT2D eigenvalue weighted by Gasteiger charge is -2.30. The van der Waals surface area contributed by atoms with Gasteiger partial charge in [0.1, 0.15) is 35.3 Å². The first-order valence-corrected chi connectivity index (χ1v) is 25.1. The number of likely N-dealkylation sites (tertiary alicyclic amines) is 1. The molecular weight excluding hydrogens is 978 g/mol. The number of aromatic nitrogens is 4. The second kappa shape index (κ2) is 20.0. The first-order chi connectivity index (χ1) is 34.7. The van der Waals surface area contributed by atoms with Crippen molar-refractivity contribution in [2.24, 2.45) is 5.92 Å². The lowest BCUT2D eigenvalue weighted by atomic mass is 10.0. The average Bonchev–Trinajstić information content (AvgIpc) is 4.22. The molecule has 378 valence electrons. The summed E-state index contributed by atoms with van der Waals surface area (Å²) < 4.78 is 49.5. The SMILES string of the molecule is Cc1ncsc1-c1ccc([C@H](C)NC(=O)[C@@H]2C[C@@H](O)CN2C(=O)C(C(C)C)n2cc(-c3ccnc(N4CCC(Oc5ccc(N6C(=S)N(c7ccc(C#N)c(C(F)(F)F)c7)C(=O)C6(C)C)cc5)C4)c3)cn2)cc1. The minimum Gasteiger partial charge on any atom is -0.489 e. The van der Waals surface area contributed by atoms with Crippen LogP contribution in [0.5, 0.6) is 5.75 Å². The van der Waals surface area contributed by atoms with E-state index in [-0.39, 0.29) is 53.6 Å². The van der Waals surface area contributed by atoms with E-state index in [9.17, 15) is 37.9 Å². The van der Waals surface area contributed by atoms with Crippen molar-refractivity contribution in [3.63, 3.8) is 0 Å². The third kappa shape index (κ3) is 10.0. The number of pyridine rings is 1. The highest BCUT2D eigenvalue weighted by Crippen LogP contribution is 2.41. The number of thiocarbonyl (C=S) groups is 1. The van der Waals surface area contributed by atoms with E-state index >= 15 is 0 Å². The minimum atomic E-state index is -4.81. The number of rotatable bonds is 13. The number of carbonyl (C=O) groups is 3. The van der Waals surface area contributed by atoms with Gasteiger partial charge in [0.15, 0.2) is 5.11 Å². The van der Waals surface area contributed by atoms with Gasteiger partial charge in [-0.3, -0.25) is 24.0 Å². The van der Waals surface area contributed by atoms with Gasteiger partial charge in [-0.25, -0.2) is 9.97 Å². The number of amides is 3. The van der Waals surface area contributed by atoms with Crippen LogP contribution in [0.1, 0.15) is 81.9 Å². The average molecular weight is 1030 g/mol. The summed E-state index contributed by atoms with van der Waals surface area (Å²) in [5.41, 5.74) is 3.83. The number of alkyl halides is 3. The number of nitrogens with one attached hydrogen (secondary N) is 1. The van der Waals surface area contributed by atoms with E-state index in [1.807, 2.05) is 75.8 Å². The number of hydrogen-bond acceptors (Lipinski definition) is 12. The molecule has 0 aliphatic carbocycles. The molecule has 3 fully saturated rings. The van der Waals surface area contributed by atoms with E-state index in [0.717, 1.165) is 55.7 Å². The molecule has 3 aliphatic heterocycles. The molecule has 20 heteroatoms. The van der Waals surface area contributed by atoms with Crippen LogP contribution in [0.15, 0.2) is 103 Å². The van der Waals surface area contributed by atoms with Gasteiger partial charge in [-0.15, -0.1) is 11.3 Å². The molecule has 6 aromatic rings. The number of ether oxygens (including phenoxy) is 1. The Morgan fingerprint density at radius 1 is 0.973 bits per heavy atom. The highest BCUT2D eigenvalue weighted by atomic mass is 32.1. The normalized spacial score (nSPS) is 19.7. The highest BCUT2D eigenvalue weighted by Gasteiger charge is 2.51. The first kappa shape index (κ1) is 50.7. The number of hydrogen-bond donors (Lipinski definition) is 2. The Bertz CT molecular complexity index is 3120. The summed E-state index contributed by atoms with van der Waals surface area (Å²) in [6.07, 6.45) is 0.206. The maximum Gasteiger partial charge on any atom is 0.417 e. The van der Waals surface area contributed by atoms with Crippen LogP contribution in [0.2, 0.25) is 0 Å². The number of nitriles is 1. The topological polar surface area (TPSA) is 173 Å². The van der Waals surface area contributed by atoms with Gasteiger partial charge in [-0.2, -0.15) is 23.5 Å². The minimum absolute atomic E-state index is 0.00651. The zero-order valence-corrected chi connectivity index (χ0v) is 42.5. The Morgan fingerprint density at radius 2 is 1.70 bits per heavy atom. The number of halogens is 3. The Morgan fingerprint density at radius 3 is 2.37 bits per heavy atom. The van der Waals surface area contributed by atoms with Crippen molar-refractivity contribution in [1.29, 1.82) is 5.26 Å². The summed E-state index contributed by atoms with van der Waals surface area (Å²) in [5, 5.41) is 27.8. The van der Waals surface area contributed by atoms with Crippen LogP contribution in [-0.4, -0.2) is 96.0 Å². The van der Waals surface area contributed by atoms with E-state index in [0.29, 0.717) is 30.9 Å². The molecule has 0 bridgehead atoms. The van der Waals surface area contributed by atoms with Gasteiger partial charge in [0, 0.05) is 49.6 Å². The predicted octanol–water partition coefficient (Wildman–Crippen LogP) is 8.88. The molecule has 6 heterocycles. The Labute approximate surface area is 429 Å². The fourth-order valence-electron chi connectivity index (χ4n) is 9.84. The van der Waals surface area contributed by atoms with Crippen LogP contribution >= 0.6 is 23.6 Å². The molecule has 73 heavy (non-hydrogen) atoms. The molecule has 5 atom stereocenters. The zero-order valence-electron chi connectivity index (χ0n) is 40.9. The van der Waals surface area contributed by atoms with Gasteiger partial charge in [-0.1, -0.05) is 38.1 Å². The van der Waals surface area contributed by atoms with E-state index in [4.69, 9.17) is 17.0 Å². The van der Waals surface area contributed by atoms with Crippen LogP contribution in [-0.2, 0) is 20.6 Å². The second-order valence-electron chi connectivity index (χ2n) is 19.4. The monoisotopic (exact) mass is 1030 g/mol. The fourth-order valence-corrected chi connectivity index (χ4v) is 11.2. The fraction of sp³-hybridized carbons (Fsp3) is 0.358. The standard InChI is InChI=1S/C53H53F3N10O5S2/c1-30(2)46(49(69)63-27-40(67)23-44(63)48(68)61-31(3)33-7-9-34(10-8-33)47-32(4)59-29-73-47)64-26-37(25-60-64)35-17-19-58-45(21-35)62-20-18-42(28-62)71-41-15-13-38(14-16-41)66-51(72)65(50(70)52(66,5)6)39-12-11-36(24-57)43(22-39)53(54,55)56/h7-17,19,21-22,25-26,29-31,40,42,44,46,67H,18,20,23,27-28H2,1-6H3,(H,61,68)/t31-,40+,42?,44-,46?/m0/s1. The molecule has 3 aromatic carbocycles. The summed E-state index contributed by atoms with van der Waals surface area (Å²) in [6, 6.07) is 21.5. The molecule has 3 saturated heterocycles. The molecule has 3 aromatic heterocycles. The van der Waals surface area contributed by atoms with Crippen molar-refractivity contribution in [3.8, 4) is 33.4 Å². The molecule has 0 saturated carbocycles. The van der Waals surface area contributed by atoms with Crippen LogP contribution in [0.25, 0.3) is 21.6 Å². The number of nitrogens with zero attached hydrogens (tertiary/aromatic N) is 9. The highest BCUT2D eigenvalue weighted by molar-refractivity contribution is 7.81. The predicted molar refractivity (Wildman–Crippen MR) is 275 cm³/mol. The van der Waals surface area contributed by atoms with Crippen LogP contribution < -0.4 is 24.8 Å². The maximum absolute atomic E-state index is 14.4. The van der Waals surface area contributed by atoms with E-state index in [2.05, 4.69) is 25.3 Å². The summed E-state index contributed by atoms with van der Waals surface area (Å²) in [4.78, 5) is 58.3. The lowest BCUT2D eigenvalue weighted by Crippen LogP contribution is -2.49. The summed E-state index contributed by atoms with van der Waals surface area (Å²) in [5.74, 6) is -0.0664. The maximum atomic E-state index is 14.4. The number of aliphatic hydroxyl groups excluding tert-OH is 1. The Hall–Kier alpha value is -7.21. The number of benzene rings is 3. The molecule has 0 spiro atoms. The van der Waals surface area contributed by atoms with Gasteiger partial charge in [0.05, 0.1) is 63.9 Å². The van der Waals surface area contributed by atoms with Crippen LogP contribution in [0.3, 0.4) is 0 Å². The molecule has 9 rings (SSSR count). The van der Waals surface area contributed by atoms with Crippen molar-refractivity contribution < 1.29 is 37.4 Å². The third-order valence-electron chi connectivity index (χ3n) is 13.7.